The summed E-state index contributed by atoms with van der Waals surface area (Å²) in [5.74, 6) is 0.983. The molecule has 0 aliphatic rings. The van der Waals surface area contributed by atoms with Gasteiger partial charge in [-0.3, -0.25) is 4.79 Å². The molecule has 4 heterocycles. The van der Waals surface area contributed by atoms with Crippen LogP contribution in [-0.4, -0.2) is 13.4 Å². The number of fused-ring (bicyclic) bond motifs is 2. The van der Waals surface area contributed by atoms with E-state index in [2.05, 4.69) is 29.6 Å². The number of rotatable bonds is 6. The van der Waals surface area contributed by atoms with E-state index in [1.807, 2.05) is 40.2 Å². The second-order valence-corrected chi connectivity index (χ2v) is 10.9. The van der Waals surface area contributed by atoms with E-state index in [1.54, 1.807) is 29.8 Å². The van der Waals surface area contributed by atoms with Crippen LogP contribution >= 0.6 is 45.3 Å². The Balaban J connectivity index is 1.46. The fraction of sp³-hybridized carbons (Fsp3) is 0.136. The first-order chi connectivity index (χ1) is 13.7. The minimum atomic E-state index is 0.817. The van der Waals surface area contributed by atoms with Gasteiger partial charge >= 0.3 is 0 Å². The number of thiophene rings is 4. The molecule has 0 aliphatic heterocycles. The molecule has 1 aromatic carbocycles. The lowest BCUT2D eigenvalue weighted by Crippen LogP contribution is -1.86. The summed E-state index contributed by atoms with van der Waals surface area (Å²) in [4.78, 5) is 16.3. The molecule has 0 N–H and O–H groups in total. The summed E-state index contributed by atoms with van der Waals surface area (Å²) < 4.78 is 8.09. The first-order valence-corrected chi connectivity index (χ1v) is 12.2. The van der Waals surface area contributed by atoms with Crippen molar-refractivity contribution in [2.45, 2.75) is 12.8 Å². The summed E-state index contributed by atoms with van der Waals surface area (Å²) >= 11 is 7.10. The molecular formula is C22H16O2S4. The number of hydrogen-bond donors (Lipinski definition) is 0. The predicted octanol–water partition coefficient (Wildman–Crippen LogP) is 7.24. The molecule has 0 amide bonds. The highest BCUT2D eigenvalue weighted by atomic mass is 32.1. The number of hydrogen-bond acceptors (Lipinski definition) is 6. The summed E-state index contributed by atoms with van der Waals surface area (Å²) in [7, 11) is 1.73. The second kappa shape index (κ2) is 7.44. The molecule has 0 aliphatic carbocycles. The number of carbonyl (C=O) groups excluding carboxylic acids is 1. The fourth-order valence-corrected chi connectivity index (χ4v) is 7.54. The minimum absolute atomic E-state index is 0.817. The molecule has 0 spiro atoms. The van der Waals surface area contributed by atoms with Gasteiger partial charge < -0.3 is 4.74 Å². The van der Waals surface area contributed by atoms with E-state index in [4.69, 9.17) is 4.74 Å². The molecule has 5 aromatic rings. The zero-order valence-electron chi connectivity index (χ0n) is 15.1. The number of carbonyl (C=O) groups is 1. The van der Waals surface area contributed by atoms with Crippen molar-refractivity contribution in [1.82, 2.24) is 0 Å². The van der Waals surface area contributed by atoms with E-state index in [0.29, 0.717) is 0 Å². The van der Waals surface area contributed by atoms with Crippen LogP contribution < -0.4 is 4.74 Å². The molecule has 2 nitrogen and oxygen atoms in total. The maximum atomic E-state index is 11.2. The zero-order chi connectivity index (χ0) is 19.1. The maximum Gasteiger partial charge on any atom is 0.151 e. The van der Waals surface area contributed by atoms with Crippen LogP contribution in [-0.2, 0) is 12.8 Å². The Kier molecular flexibility index (Phi) is 4.80. The molecule has 28 heavy (non-hydrogen) atoms. The van der Waals surface area contributed by atoms with Gasteiger partial charge in [0.2, 0.25) is 0 Å². The monoisotopic (exact) mass is 440 g/mol. The lowest BCUT2D eigenvalue weighted by atomic mass is 10.1. The van der Waals surface area contributed by atoms with E-state index in [9.17, 15) is 4.79 Å². The lowest BCUT2D eigenvalue weighted by Gasteiger charge is -1.99. The lowest BCUT2D eigenvalue weighted by molar-refractivity contribution is 0.112. The zero-order valence-corrected chi connectivity index (χ0v) is 18.3. The molecule has 0 saturated heterocycles. The minimum Gasteiger partial charge on any atom is -0.496 e. The van der Waals surface area contributed by atoms with Crippen molar-refractivity contribution in [3.63, 3.8) is 0 Å². The summed E-state index contributed by atoms with van der Waals surface area (Å²) in [6.07, 6.45) is 2.72. The number of ether oxygens (including phenoxy) is 1. The van der Waals surface area contributed by atoms with E-state index in [0.717, 1.165) is 35.3 Å². The van der Waals surface area contributed by atoms with Crippen LogP contribution in [0.4, 0.5) is 0 Å². The highest BCUT2D eigenvalue weighted by molar-refractivity contribution is 7.21. The molecule has 140 valence electrons. The van der Waals surface area contributed by atoms with Gasteiger partial charge in [0.05, 0.1) is 12.0 Å². The Bertz CT molecular complexity index is 1230. The van der Waals surface area contributed by atoms with Crippen LogP contribution in [0, 0.1) is 0 Å². The molecule has 0 atom stereocenters. The third-order valence-electron chi connectivity index (χ3n) is 4.76. The summed E-state index contributed by atoms with van der Waals surface area (Å²) in [5.41, 5.74) is 0.817. The van der Waals surface area contributed by atoms with Crippen molar-refractivity contribution in [1.29, 1.82) is 0 Å². The van der Waals surface area contributed by atoms with E-state index in [1.165, 1.54) is 34.8 Å². The van der Waals surface area contributed by atoms with Gasteiger partial charge in [-0.2, -0.15) is 0 Å². The number of methoxy groups -OCH3 is 1. The molecule has 5 rings (SSSR count). The SMILES string of the molecule is COc1ccsc1Cc1cc2cc3sc(Cc4sccc4C=O)cc3cc2s1. The normalized spacial score (nSPS) is 11.5. The fourth-order valence-electron chi connectivity index (χ4n) is 3.41. The molecule has 4 aromatic heterocycles. The molecule has 0 unspecified atom stereocenters. The smallest absolute Gasteiger partial charge is 0.151 e. The summed E-state index contributed by atoms with van der Waals surface area (Å²) in [6, 6.07) is 13.1. The van der Waals surface area contributed by atoms with Crippen LogP contribution in [0.25, 0.3) is 20.2 Å². The summed E-state index contributed by atoms with van der Waals surface area (Å²) in [5, 5.41) is 6.68. The number of aldehydes is 1. The maximum absolute atomic E-state index is 11.2. The standard InChI is InChI=1S/C22H16O2S4/c1-24-18-3-5-26-22(18)11-17-7-15-9-20-14(8-21(15)28-17)6-16(27-20)10-19-13(12-23)2-4-25-19/h2-9,12H,10-11H2,1H3. The van der Waals surface area contributed by atoms with Crippen LogP contribution in [0.1, 0.15) is 29.9 Å². The highest BCUT2D eigenvalue weighted by Gasteiger charge is 2.12. The van der Waals surface area contributed by atoms with Crippen LogP contribution in [0.3, 0.4) is 0 Å². The van der Waals surface area contributed by atoms with Crippen molar-refractivity contribution >= 4 is 71.8 Å². The number of benzene rings is 1. The van der Waals surface area contributed by atoms with Crippen molar-refractivity contribution in [2.24, 2.45) is 0 Å². The van der Waals surface area contributed by atoms with Crippen molar-refractivity contribution in [3.05, 3.63) is 72.2 Å². The van der Waals surface area contributed by atoms with Gasteiger partial charge in [0.15, 0.2) is 6.29 Å². The van der Waals surface area contributed by atoms with E-state index >= 15 is 0 Å². The van der Waals surface area contributed by atoms with E-state index in [-0.39, 0.29) is 0 Å². The molecule has 0 fully saturated rings. The van der Waals surface area contributed by atoms with Gasteiger partial charge in [-0.1, -0.05) is 0 Å². The Morgan fingerprint density at radius 1 is 0.857 bits per heavy atom. The van der Waals surface area contributed by atoms with Gasteiger partial charge in [0.25, 0.3) is 0 Å². The molecule has 6 heteroatoms. The molecule has 0 saturated carbocycles. The van der Waals surface area contributed by atoms with Crippen LogP contribution in [0.15, 0.2) is 47.2 Å². The van der Waals surface area contributed by atoms with Gasteiger partial charge in [-0.05, 0) is 57.9 Å². The Morgan fingerprint density at radius 3 is 2.11 bits per heavy atom. The van der Waals surface area contributed by atoms with E-state index < -0.39 is 0 Å². The average molecular weight is 441 g/mol. The Labute approximate surface area is 178 Å². The van der Waals surface area contributed by atoms with Crippen LogP contribution in [0.5, 0.6) is 5.75 Å². The molecule has 0 radical (unpaired) electrons. The van der Waals surface area contributed by atoms with Gasteiger partial charge in [-0.25, -0.2) is 0 Å². The largest absolute Gasteiger partial charge is 0.496 e. The third kappa shape index (κ3) is 3.31. The Morgan fingerprint density at radius 2 is 1.46 bits per heavy atom. The first kappa shape index (κ1) is 18.1. The Hall–Kier alpha value is -1.99. The second-order valence-electron chi connectivity index (χ2n) is 6.54. The van der Waals surface area contributed by atoms with Crippen molar-refractivity contribution < 1.29 is 9.53 Å². The van der Waals surface area contributed by atoms with Crippen molar-refractivity contribution in [3.8, 4) is 5.75 Å². The van der Waals surface area contributed by atoms with Gasteiger partial charge in [-0.15, -0.1) is 45.3 Å². The highest BCUT2D eigenvalue weighted by Crippen LogP contribution is 2.37. The third-order valence-corrected chi connectivity index (χ3v) is 8.79. The summed E-state index contributed by atoms with van der Waals surface area (Å²) in [6.45, 7) is 0. The average Bonchev–Trinajstić information content (AvgIpc) is 3.45. The predicted molar refractivity (Wildman–Crippen MR) is 123 cm³/mol. The van der Waals surface area contributed by atoms with Crippen molar-refractivity contribution in [2.75, 3.05) is 7.11 Å². The topological polar surface area (TPSA) is 26.3 Å². The molecule has 0 bridgehead atoms. The van der Waals surface area contributed by atoms with Crippen LogP contribution in [0.2, 0.25) is 0 Å². The molecular weight excluding hydrogens is 425 g/mol. The first-order valence-electron chi connectivity index (χ1n) is 8.80. The quantitative estimate of drug-likeness (QED) is 0.260. The van der Waals surface area contributed by atoms with Gasteiger partial charge in [0.1, 0.15) is 5.75 Å². The van der Waals surface area contributed by atoms with Gasteiger partial charge in [0, 0.05) is 42.4 Å².